The van der Waals surface area contributed by atoms with Gasteiger partial charge in [0.05, 0.1) is 12.1 Å². The number of carbonyl (C=O) groups is 2. The van der Waals surface area contributed by atoms with E-state index in [-0.39, 0.29) is 5.75 Å². The van der Waals surface area contributed by atoms with Crippen molar-refractivity contribution in [3.05, 3.63) is 35.9 Å². The normalized spacial score (nSPS) is 27.4. The van der Waals surface area contributed by atoms with Gasteiger partial charge in [-0.15, -0.1) is 0 Å². The number of rotatable bonds is 6. The Balaban J connectivity index is 1.91. The molecular formula is C16H15F5N2O3S. The maximum atomic E-state index is 15.0. The van der Waals surface area contributed by atoms with Crippen molar-refractivity contribution in [3.8, 4) is 0 Å². The van der Waals surface area contributed by atoms with Crippen molar-refractivity contribution in [3.63, 3.8) is 0 Å². The average Bonchev–Trinajstić information content (AvgIpc) is 3.14. The van der Waals surface area contributed by atoms with Gasteiger partial charge in [0.15, 0.2) is 0 Å². The molecule has 2 aliphatic rings. The molecule has 3 N–H and O–H groups in total. The number of fused-ring (bicyclic) bond motifs is 1. The lowest BCUT2D eigenvalue weighted by Crippen LogP contribution is -2.59. The minimum Gasteiger partial charge on any atom is -0.478 e. The van der Waals surface area contributed by atoms with Crippen molar-refractivity contribution in [2.24, 2.45) is 0 Å². The molecule has 11 heteroatoms. The number of carbonyl (C=O) groups excluding carboxylic acids is 1. The Morgan fingerprint density at radius 1 is 1.15 bits per heavy atom. The van der Waals surface area contributed by atoms with Crippen LogP contribution in [0.4, 0.5) is 26.7 Å². The highest BCUT2D eigenvalue weighted by atomic mass is 32.2. The van der Waals surface area contributed by atoms with Crippen LogP contribution in [0, 0.1) is 0 Å². The number of nitrogens with one attached hydrogen (secondary N) is 2. The first kappa shape index (κ1) is 19.7. The van der Waals surface area contributed by atoms with E-state index in [0.29, 0.717) is 0 Å². The average molecular weight is 410 g/mol. The van der Waals surface area contributed by atoms with Crippen molar-refractivity contribution in [2.75, 3.05) is 5.75 Å². The minimum atomic E-state index is -5.53. The number of amides is 2. The molecule has 0 bridgehead atoms. The Labute approximate surface area is 154 Å². The number of benzene rings is 1. The molecule has 2 saturated heterocycles. The smallest absolute Gasteiger partial charge is 0.358 e. The van der Waals surface area contributed by atoms with Gasteiger partial charge < -0.3 is 15.7 Å². The maximum absolute atomic E-state index is 15.0. The number of carboxylic acids is 1. The van der Waals surface area contributed by atoms with Crippen LogP contribution in [-0.2, 0) is 10.5 Å². The van der Waals surface area contributed by atoms with Gasteiger partial charge in [0.25, 0.3) is 0 Å². The maximum Gasteiger partial charge on any atom is 0.358 e. The van der Waals surface area contributed by atoms with Crippen LogP contribution in [-0.4, -0.2) is 52.0 Å². The number of hydrogen-bond donors (Lipinski definition) is 3. The van der Waals surface area contributed by atoms with Crippen LogP contribution in [0.2, 0.25) is 0 Å². The van der Waals surface area contributed by atoms with Crippen molar-refractivity contribution < 1.29 is 36.6 Å². The molecule has 27 heavy (non-hydrogen) atoms. The van der Waals surface area contributed by atoms with Crippen LogP contribution in [0.5, 0.6) is 0 Å². The zero-order valence-electron chi connectivity index (χ0n) is 13.6. The topological polar surface area (TPSA) is 78.4 Å². The number of halogens is 5. The van der Waals surface area contributed by atoms with Gasteiger partial charge in [-0.1, -0.05) is 30.3 Å². The Kier molecular flexibility index (Phi) is 4.77. The molecule has 0 aliphatic carbocycles. The number of carboxylic acid groups (broad SMARTS) is 1. The van der Waals surface area contributed by atoms with Crippen LogP contribution < -0.4 is 10.6 Å². The molecule has 0 spiro atoms. The molecule has 2 fully saturated rings. The molecule has 0 aromatic heterocycles. The summed E-state index contributed by atoms with van der Waals surface area (Å²) < 4.78 is 73.4. The molecule has 2 aliphatic heterocycles. The summed E-state index contributed by atoms with van der Waals surface area (Å²) in [6.45, 7) is 0. The summed E-state index contributed by atoms with van der Waals surface area (Å²) in [7, 11) is 0. The highest BCUT2D eigenvalue weighted by Crippen LogP contribution is 2.53. The fourth-order valence-corrected chi connectivity index (χ4v) is 4.84. The lowest BCUT2D eigenvalue weighted by Gasteiger charge is -2.37. The first-order valence-corrected chi connectivity index (χ1v) is 8.97. The third kappa shape index (κ3) is 3.01. The highest BCUT2D eigenvalue weighted by Gasteiger charge is 2.74. The first-order valence-electron chi connectivity index (χ1n) is 7.93. The Morgan fingerprint density at radius 3 is 2.37 bits per heavy atom. The zero-order valence-corrected chi connectivity index (χ0v) is 14.4. The van der Waals surface area contributed by atoms with E-state index in [1.807, 2.05) is 0 Å². The second kappa shape index (κ2) is 6.54. The zero-order chi connectivity index (χ0) is 20.0. The molecule has 2 heterocycles. The Morgan fingerprint density at radius 2 is 1.78 bits per heavy atom. The van der Waals surface area contributed by atoms with Crippen LogP contribution in [0.25, 0.3) is 0 Å². The predicted octanol–water partition coefficient (Wildman–Crippen LogP) is 2.76. The molecule has 0 saturated carbocycles. The third-order valence-corrected chi connectivity index (χ3v) is 6.19. The van der Waals surface area contributed by atoms with Crippen molar-refractivity contribution in [1.29, 1.82) is 0 Å². The van der Waals surface area contributed by atoms with Gasteiger partial charge >= 0.3 is 29.5 Å². The van der Waals surface area contributed by atoms with Gasteiger partial charge in [-0.3, -0.25) is 0 Å². The number of aliphatic carboxylic acids is 1. The van der Waals surface area contributed by atoms with Gasteiger partial charge in [0.1, 0.15) is 0 Å². The molecule has 1 aromatic carbocycles. The fourth-order valence-electron chi connectivity index (χ4n) is 3.31. The molecule has 1 unspecified atom stereocenters. The van der Waals surface area contributed by atoms with Crippen LogP contribution in [0.3, 0.4) is 0 Å². The van der Waals surface area contributed by atoms with Gasteiger partial charge in [-0.25, -0.2) is 14.0 Å². The first-order chi connectivity index (χ1) is 12.5. The SMILES string of the molecule is O=C1N[C@H]2[C@H](CS[C@H]2CC(F)(F)C(F)(F)C(F)(C(=O)O)c2ccccc2)N1. The Hall–Kier alpha value is -2.04. The summed E-state index contributed by atoms with van der Waals surface area (Å²) in [6.07, 6.45) is -1.49. The fraction of sp³-hybridized carbons (Fsp3) is 0.500. The summed E-state index contributed by atoms with van der Waals surface area (Å²) >= 11 is 0.934. The summed E-state index contributed by atoms with van der Waals surface area (Å²) in [5.41, 5.74) is -5.69. The summed E-state index contributed by atoms with van der Waals surface area (Å²) in [5.74, 6) is -13.0. The molecule has 4 atom stereocenters. The number of alkyl halides is 5. The van der Waals surface area contributed by atoms with Crippen molar-refractivity contribution in [2.45, 2.75) is 41.3 Å². The van der Waals surface area contributed by atoms with Crippen LogP contribution in [0.15, 0.2) is 30.3 Å². The molecule has 2 amide bonds. The van der Waals surface area contributed by atoms with E-state index in [4.69, 9.17) is 5.11 Å². The predicted molar refractivity (Wildman–Crippen MR) is 86.9 cm³/mol. The molecule has 3 rings (SSSR count). The largest absolute Gasteiger partial charge is 0.478 e. The summed E-state index contributed by atoms with van der Waals surface area (Å²) in [6, 6.07) is 3.00. The monoisotopic (exact) mass is 410 g/mol. The molecular weight excluding hydrogens is 395 g/mol. The number of hydrogen-bond acceptors (Lipinski definition) is 3. The number of thioether (sulfide) groups is 1. The standard InChI is InChI=1S/C16H15F5N2O3S/c17-14(18,6-10-11-9(7-27-10)22-13(26)23-11)16(20,21)15(19,12(24)25)8-4-2-1-3-5-8/h1-5,9-11H,6-7H2,(H,24,25)(H2,22,23,26)/t9-,10-,11-,15?/m0/s1. The van der Waals surface area contributed by atoms with Gasteiger partial charge in [0, 0.05) is 23.0 Å². The van der Waals surface area contributed by atoms with Crippen molar-refractivity contribution >= 4 is 23.8 Å². The van der Waals surface area contributed by atoms with E-state index in [0.717, 1.165) is 36.0 Å². The Bertz CT molecular complexity index is 751. The third-order valence-electron chi connectivity index (χ3n) is 4.75. The second-order valence-electron chi connectivity index (χ2n) is 6.43. The van der Waals surface area contributed by atoms with Gasteiger partial charge in [0.2, 0.25) is 0 Å². The van der Waals surface area contributed by atoms with E-state index in [2.05, 4.69) is 10.6 Å². The lowest BCUT2D eigenvalue weighted by atomic mass is 9.83. The molecule has 1 aromatic rings. The lowest BCUT2D eigenvalue weighted by molar-refractivity contribution is -0.276. The van der Waals surface area contributed by atoms with Gasteiger partial charge in [-0.05, 0) is 0 Å². The van der Waals surface area contributed by atoms with Gasteiger partial charge in [-0.2, -0.15) is 29.3 Å². The molecule has 0 radical (unpaired) electrons. The quantitative estimate of drug-likeness (QED) is 0.498. The summed E-state index contributed by atoms with van der Waals surface area (Å²) in [5, 5.41) is 12.8. The van der Waals surface area contributed by atoms with E-state index in [1.165, 1.54) is 6.07 Å². The van der Waals surface area contributed by atoms with Crippen LogP contribution in [0.1, 0.15) is 12.0 Å². The highest BCUT2D eigenvalue weighted by molar-refractivity contribution is 8.00. The van der Waals surface area contributed by atoms with E-state index >= 15 is 4.39 Å². The molecule has 5 nitrogen and oxygen atoms in total. The van der Waals surface area contributed by atoms with E-state index < -0.39 is 58.8 Å². The number of urea groups is 1. The van der Waals surface area contributed by atoms with E-state index in [1.54, 1.807) is 0 Å². The van der Waals surface area contributed by atoms with Crippen LogP contribution >= 0.6 is 11.8 Å². The molecule has 148 valence electrons. The van der Waals surface area contributed by atoms with Crippen molar-refractivity contribution in [1.82, 2.24) is 10.6 Å². The summed E-state index contributed by atoms with van der Waals surface area (Å²) in [4.78, 5) is 22.6. The second-order valence-corrected chi connectivity index (χ2v) is 7.71. The minimum absolute atomic E-state index is 0.230. The van der Waals surface area contributed by atoms with E-state index in [9.17, 15) is 27.2 Å².